The van der Waals surface area contributed by atoms with Gasteiger partial charge in [0.1, 0.15) is 0 Å². The van der Waals surface area contributed by atoms with Crippen molar-refractivity contribution >= 4 is 34.8 Å². The van der Waals surface area contributed by atoms with Crippen LogP contribution in [0.15, 0.2) is 48.5 Å². The molecule has 2 rings (SSSR count). The van der Waals surface area contributed by atoms with Gasteiger partial charge in [-0.05, 0) is 60.8 Å². The van der Waals surface area contributed by atoms with E-state index in [1.54, 1.807) is 31.4 Å². The van der Waals surface area contributed by atoms with Crippen molar-refractivity contribution in [2.45, 2.75) is 33.1 Å². The van der Waals surface area contributed by atoms with Crippen LogP contribution in [-0.4, -0.2) is 37.2 Å². The van der Waals surface area contributed by atoms with Crippen LogP contribution >= 0.6 is 12.2 Å². The standard InChI is InChI=1S/C24H31N3O3S/c1-16(2)14-18-8-10-19(11-9-18)17(3)22(28)27-24(31)26-21-7-5-6-20(15-21)23(29)25-12-13-30-4/h5-11,15-17H,12-14H2,1-4H3,(H,25,29)(H2,26,27,28,31). The fourth-order valence-electron chi connectivity index (χ4n) is 3.05. The van der Waals surface area contributed by atoms with Crippen molar-refractivity contribution in [2.75, 3.05) is 25.6 Å². The molecule has 2 aromatic rings. The van der Waals surface area contributed by atoms with E-state index in [0.29, 0.717) is 30.3 Å². The van der Waals surface area contributed by atoms with Gasteiger partial charge < -0.3 is 20.7 Å². The number of rotatable bonds is 9. The van der Waals surface area contributed by atoms with Crippen molar-refractivity contribution in [3.8, 4) is 0 Å². The molecular weight excluding hydrogens is 410 g/mol. The van der Waals surface area contributed by atoms with Crippen LogP contribution in [0, 0.1) is 5.92 Å². The van der Waals surface area contributed by atoms with E-state index in [0.717, 1.165) is 12.0 Å². The lowest BCUT2D eigenvalue weighted by molar-refractivity contribution is -0.120. The van der Waals surface area contributed by atoms with Crippen LogP contribution in [0.3, 0.4) is 0 Å². The summed E-state index contributed by atoms with van der Waals surface area (Å²) >= 11 is 5.28. The molecule has 0 aliphatic carbocycles. The highest BCUT2D eigenvalue weighted by atomic mass is 32.1. The van der Waals surface area contributed by atoms with Gasteiger partial charge in [-0.1, -0.05) is 44.2 Å². The predicted molar refractivity (Wildman–Crippen MR) is 128 cm³/mol. The van der Waals surface area contributed by atoms with Crippen LogP contribution in [0.1, 0.15) is 48.2 Å². The van der Waals surface area contributed by atoms with Crippen LogP contribution in [0.4, 0.5) is 5.69 Å². The molecule has 0 heterocycles. The average Bonchev–Trinajstić information content (AvgIpc) is 2.73. The van der Waals surface area contributed by atoms with Gasteiger partial charge in [0.15, 0.2) is 5.11 Å². The van der Waals surface area contributed by atoms with E-state index in [1.807, 2.05) is 19.1 Å². The van der Waals surface area contributed by atoms with Crippen molar-refractivity contribution in [1.82, 2.24) is 10.6 Å². The number of ether oxygens (including phenoxy) is 1. The predicted octanol–water partition coefficient (Wildman–Crippen LogP) is 3.88. The number of carbonyl (C=O) groups is 2. The second-order valence-electron chi connectivity index (χ2n) is 7.83. The molecule has 31 heavy (non-hydrogen) atoms. The molecule has 0 aliphatic heterocycles. The zero-order valence-corrected chi connectivity index (χ0v) is 19.3. The lowest BCUT2D eigenvalue weighted by Crippen LogP contribution is -2.36. The van der Waals surface area contributed by atoms with Crippen LogP contribution in [0.5, 0.6) is 0 Å². The Hall–Kier alpha value is -2.77. The van der Waals surface area contributed by atoms with Gasteiger partial charge in [-0.2, -0.15) is 0 Å². The Labute approximate surface area is 189 Å². The summed E-state index contributed by atoms with van der Waals surface area (Å²) in [4.78, 5) is 24.8. The van der Waals surface area contributed by atoms with Gasteiger partial charge in [-0.15, -0.1) is 0 Å². The zero-order chi connectivity index (χ0) is 22.8. The number of benzene rings is 2. The van der Waals surface area contributed by atoms with Crippen LogP contribution in [-0.2, 0) is 16.0 Å². The van der Waals surface area contributed by atoms with Crippen molar-refractivity contribution < 1.29 is 14.3 Å². The third-order valence-corrected chi connectivity index (χ3v) is 4.93. The Morgan fingerprint density at radius 3 is 2.42 bits per heavy atom. The molecular formula is C24H31N3O3S. The van der Waals surface area contributed by atoms with Crippen molar-refractivity contribution in [3.05, 3.63) is 65.2 Å². The minimum absolute atomic E-state index is 0.185. The molecule has 0 saturated heterocycles. The second kappa shape index (κ2) is 12.2. The summed E-state index contributed by atoms with van der Waals surface area (Å²) in [5, 5.41) is 8.65. The number of thiocarbonyl (C=S) groups is 1. The van der Waals surface area contributed by atoms with Gasteiger partial charge in [0, 0.05) is 24.9 Å². The average molecular weight is 442 g/mol. The van der Waals surface area contributed by atoms with Gasteiger partial charge >= 0.3 is 0 Å². The Balaban J connectivity index is 1.92. The molecule has 0 aliphatic rings. The molecule has 0 fully saturated rings. The summed E-state index contributed by atoms with van der Waals surface area (Å²) in [5.74, 6) is -0.150. The Morgan fingerprint density at radius 1 is 1.06 bits per heavy atom. The van der Waals surface area contributed by atoms with E-state index in [9.17, 15) is 9.59 Å². The van der Waals surface area contributed by atoms with E-state index < -0.39 is 0 Å². The Bertz CT molecular complexity index is 897. The molecule has 0 saturated carbocycles. The topological polar surface area (TPSA) is 79.5 Å². The number of nitrogens with one attached hydrogen (secondary N) is 3. The summed E-state index contributed by atoms with van der Waals surface area (Å²) in [6.07, 6.45) is 1.01. The van der Waals surface area contributed by atoms with E-state index in [-0.39, 0.29) is 22.8 Å². The number of anilines is 1. The molecule has 0 bridgehead atoms. The zero-order valence-electron chi connectivity index (χ0n) is 18.5. The fourth-order valence-corrected chi connectivity index (χ4v) is 3.27. The molecule has 0 radical (unpaired) electrons. The van der Waals surface area contributed by atoms with E-state index >= 15 is 0 Å². The molecule has 166 valence electrons. The maximum absolute atomic E-state index is 12.6. The van der Waals surface area contributed by atoms with E-state index in [2.05, 4.69) is 41.9 Å². The van der Waals surface area contributed by atoms with Crippen LogP contribution in [0.25, 0.3) is 0 Å². The SMILES string of the molecule is COCCNC(=O)c1cccc(NC(=S)NC(=O)C(C)c2ccc(CC(C)C)cc2)c1. The van der Waals surface area contributed by atoms with Crippen molar-refractivity contribution in [3.63, 3.8) is 0 Å². The minimum Gasteiger partial charge on any atom is -0.383 e. The van der Waals surface area contributed by atoms with Crippen molar-refractivity contribution in [2.24, 2.45) is 5.92 Å². The first kappa shape index (κ1) is 24.5. The molecule has 2 aromatic carbocycles. The first-order valence-corrected chi connectivity index (χ1v) is 10.8. The Kier molecular flexibility index (Phi) is 9.62. The highest BCUT2D eigenvalue weighted by Crippen LogP contribution is 2.18. The maximum atomic E-state index is 12.6. The van der Waals surface area contributed by atoms with Crippen LogP contribution in [0.2, 0.25) is 0 Å². The number of hydrogen-bond acceptors (Lipinski definition) is 4. The first-order valence-electron chi connectivity index (χ1n) is 10.4. The largest absolute Gasteiger partial charge is 0.383 e. The monoisotopic (exact) mass is 441 g/mol. The summed E-state index contributed by atoms with van der Waals surface area (Å²) in [6, 6.07) is 15.0. The maximum Gasteiger partial charge on any atom is 0.251 e. The number of hydrogen-bond donors (Lipinski definition) is 3. The molecule has 7 heteroatoms. The van der Waals surface area contributed by atoms with E-state index in [4.69, 9.17) is 17.0 Å². The summed E-state index contributed by atoms with van der Waals surface area (Å²) in [7, 11) is 1.58. The van der Waals surface area contributed by atoms with Gasteiger partial charge in [-0.3, -0.25) is 9.59 Å². The van der Waals surface area contributed by atoms with Crippen molar-refractivity contribution in [1.29, 1.82) is 0 Å². The molecule has 1 unspecified atom stereocenters. The molecule has 2 amide bonds. The lowest BCUT2D eigenvalue weighted by Gasteiger charge is -2.15. The second-order valence-corrected chi connectivity index (χ2v) is 8.24. The quantitative estimate of drug-likeness (QED) is 0.407. The smallest absolute Gasteiger partial charge is 0.251 e. The highest BCUT2D eigenvalue weighted by Gasteiger charge is 2.17. The minimum atomic E-state index is -0.342. The molecule has 6 nitrogen and oxygen atoms in total. The normalized spacial score (nSPS) is 11.6. The number of methoxy groups -OCH3 is 1. The van der Waals surface area contributed by atoms with E-state index in [1.165, 1.54) is 5.56 Å². The third kappa shape index (κ3) is 8.11. The number of carbonyl (C=O) groups excluding carboxylic acids is 2. The molecule has 3 N–H and O–H groups in total. The molecule has 0 aromatic heterocycles. The Morgan fingerprint density at radius 2 is 1.77 bits per heavy atom. The van der Waals surface area contributed by atoms with Gasteiger partial charge in [0.25, 0.3) is 5.91 Å². The summed E-state index contributed by atoms with van der Waals surface area (Å²) in [6.45, 7) is 7.08. The summed E-state index contributed by atoms with van der Waals surface area (Å²) in [5.41, 5.74) is 3.30. The number of amides is 2. The molecule has 0 spiro atoms. The first-order chi connectivity index (χ1) is 14.8. The van der Waals surface area contributed by atoms with Gasteiger partial charge in [0.2, 0.25) is 5.91 Å². The third-order valence-electron chi connectivity index (χ3n) is 4.73. The summed E-state index contributed by atoms with van der Waals surface area (Å²) < 4.78 is 4.93. The van der Waals surface area contributed by atoms with Gasteiger partial charge in [-0.25, -0.2) is 0 Å². The fraction of sp³-hybridized carbons (Fsp3) is 0.375. The highest BCUT2D eigenvalue weighted by molar-refractivity contribution is 7.80. The molecule has 1 atom stereocenters. The van der Waals surface area contributed by atoms with Crippen LogP contribution < -0.4 is 16.0 Å². The lowest BCUT2D eigenvalue weighted by atomic mass is 9.96. The van der Waals surface area contributed by atoms with Gasteiger partial charge in [0.05, 0.1) is 12.5 Å².